The van der Waals surface area contributed by atoms with Crippen LogP contribution in [0, 0.1) is 0 Å². The van der Waals surface area contributed by atoms with Gasteiger partial charge >= 0.3 is 35.5 Å². The number of nitrogens with zero attached hydrogens (tertiary/aromatic N) is 4. The molecule has 2 aromatic carbocycles. The molecule has 1 aliphatic rings. The Hall–Kier alpha value is -3.59. The van der Waals surface area contributed by atoms with Crippen molar-refractivity contribution in [3.8, 4) is 5.75 Å². The van der Waals surface area contributed by atoms with Gasteiger partial charge in [0.2, 0.25) is 0 Å². The quantitative estimate of drug-likeness (QED) is 0.0553. The number of hydrogen-bond donors (Lipinski definition) is 5. The Morgan fingerprint density at radius 3 is 2.48 bits per heavy atom. The van der Waals surface area contributed by atoms with E-state index in [2.05, 4.69) is 28.9 Å². The Kier molecular flexibility index (Phi) is 12.8. The third-order valence-electron chi connectivity index (χ3n) is 7.27. The number of nitrogen functional groups attached to an aromatic ring is 1. The summed E-state index contributed by atoms with van der Waals surface area (Å²) in [6.45, 7) is 0.968. The molecule has 0 aliphatic carbocycles. The highest BCUT2D eigenvalue weighted by molar-refractivity contribution is 7.99. The first kappa shape index (κ1) is 41.6. The molecule has 1 fully saturated rings. The number of benzene rings is 2. The SMILES string of the molecule is CCCSc1nc(N)c2ncn([C@H]3C[C@@H](OC(=O)Nc4cccc(C(F)(F)F)c4)[C@@H](COP(=O)(O)OP(=O)(O)OP(=O)(O)c4ccc(OC)cc4)O3)c2n1. The fraction of sp³-hybridized carbons (Fsp3) is 0.357. The number of hydrogen-bond acceptors (Lipinski definition) is 15. The monoisotopic (exact) mass is 842 g/mol. The zero-order chi connectivity index (χ0) is 39.5. The zero-order valence-corrected chi connectivity index (χ0v) is 31.4. The molecule has 0 bridgehead atoms. The van der Waals surface area contributed by atoms with Crippen LogP contribution in [-0.2, 0) is 42.5 Å². The van der Waals surface area contributed by atoms with Gasteiger partial charge in [-0.1, -0.05) is 24.8 Å². The van der Waals surface area contributed by atoms with Crippen molar-refractivity contribution in [3.63, 3.8) is 0 Å². The molecule has 0 radical (unpaired) electrons. The Bertz CT molecular complexity index is 2130. The number of aromatic nitrogens is 4. The van der Waals surface area contributed by atoms with Crippen LogP contribution in [0.2, 0.25) is 0 Å². The van der Waals surface area contributed by atoms with Gasteiger partial charge < -0.3 is 34.6 Å². The van der Waals surface area contributed by atoms with Gasteiger partial charge in [0.15, 0.2) is 16.6 Å². The molecule has 54 heavy (non-hydrogen) atoms. The number of halogens is 3. The maximum absolute atomic E-state index is 13.2. The molecule has 3 unspecified atom stereocenters. The van der Waals surface area contributed by atoms with E-state index in [1.54, 1.807) is 0 Å². The Morgan fingerprint density at radius 1 is 1.09 bits per heavy atom. The fourth-order valence-electron chi connectivity index (χ4n) is 4.88. The van der Waals surface area contributed by atoms with Gasteiger partial charge in [0.25, 0.3) is 0 Å². The summed E-state index contributed by atoms with van der Waals surface area (Å²) in [7, 11) is -15.2. The number of alkyl halides is 3. The second-order valence-corrected chi connectivity index (χ2v) is 17.2. The van der Waals surface area contributed by atoms with E-state index in [1.165, 1.54) is 48.0 Å². The number of carbonyl (C=O) groups excluding carboxylic acids is 1. The third-order valence-corrected chi connectivity index (χ3v) is 13.1. The predicted molar refractivity (Wildman–Crippen MR) is 185 cm³/mol. The number of methoxy groups -OCH3 is 1. The van der Waals surface area contributed by atoms with Gasteiger partial charge in [0.05, 0.1) is 30.9 Å². The van der Waals surface area contributed by atoms with Crippen LogP contribution in [0.3, 0.4) is 0 Å². The molecular weight excluding hydrogens is 810 g/mol. The first-order valence-electron chi connectivity index (χ1n) is 15.4. The van der Waals surface area contributed by atoms with Crippen molar-refractivity contribution in [3.05, 3.63) is 60.4 Å². The van der Waals surface area contributed by atoms with Gasteiger partial charge in [-0.15, -0.1) is 0 Å². The molecule has 2 aromatic heterocycles. The third kappa shape index (κ3) is 10.6. The maximum atomic E-state index is 13.2. The smallest absolute Gasteiger partial charge is 0.488 e. The summed E-state index contributed by atoms with van der Waals surface area (Å²) in [6, 6.07) is 8.27. The summed E-state index contributed by atoms with van der Waals surface area (Å²) in [4.78, 5) is 56.5. The van der Waals surface area contributed by atoms with E-state index >= 15 is 0 Å². The lowest BCUT2D eigenvalue weighted by Gasteiger charge is -2.22. The lowest BCUT2D eigenvalue weighted by Crippen LogP contribution is -2.32. The van der Waals surface area contributed by atoms with Gasteiger partial charge in [-0.3, -0.25) is 19.0 Å². The number of amides is 1. The van der Waals surface area contributed by atoms with Crippen molar-refractivity contribution < 1.29 is 73.7 Å². The molecule has 19 nitrogen and oxygen atoms in total. The number of rotatable bonds is 15. The van der Waals surface area contributed by atoms with Crippen LogP contribution in [0.25, 0.3) is 11.2 Å². The molecule has 0 saturated carbocycles. The molecule has 0 spiro atoms. The van der Waals surface area contributed by atoms with Crippen LogP contribution in [-0.4, -0.2) is 72.0 Å². The lowest BCUT2D eigenvalue weighted by atomic mass is 10.2. The van der Waals surface area contributed by atoms with E-state index < -0.39 is 71.4 Å². The van der Waals surface area contributed by atoms with Crippen LogP contribution < -0.4 is 21.1 Å². The summed E-state index contributed by atoms with van der Waals surface area (Å²) >= 11 is 1.32. The van der Waals surface area contributed by atoms with Crippen molar-refractivity contribution in [2.24, 2.45) is 0 Å². The summed E-state index contributed by atoms with van der Waals surface area (Å²) < 4.78 is 109. The molecule has 6 atom stereocenters. The fourth-order valence-corrected chi connectivity index (χ4v) is 9.56. The first-order chi connectivity index (χ1) is 25.3. The van der Waals surface area contributed by atoms with Gasteiger partial charge in [-0.2, -0.15) is 17.5 Å². The van der Waals surface area contributed by atoms with E-state index in [9.17, 15) is 46.3 Å². The number of phosphoric ester groups is 1. The summed E-state index contributed by atoms with van der Waals surface area (Å²) in [5.74, 6) is 0.996. The van der Waals surface area contributed by atoms with Crippen molar-refractivity contribution >= 4 is 69.1 Å². The number of anilines is 2. The lowest BCUT2D eigenvalue weighted by molar-refractivity contribution is -0.137. The van der Waals surface area contributed by atoms with Crippen LogP contribution in [0.1, 0.15) is 31.6 Å². The number of carbonyl (C=O) groups is 1. The molecule has 6 N–H and O–H groups in total. The topological polar surface area (TPSA) is 266 Å². The van der Waals surface area contributed by atoms with Crippen LogP contribution >= 0.6 is 35.0 Å². The molecule has 1 aliphatic heterocycles. The molecule has 4 aromatic rings. The summed E-state index contributed by atoms with van der Waals surface area (Å²) in [5.41, 5.74) is 5.17. The molecule has 1 amide bonds. The van der Waals surface area contributed by atoms with Crippen molar-refractivity contribution in [2.75, 3.05) is 30.5 Å². The Balaban J connectivity index is 1.34. The highest BCUT2D eigenvalue weighted by atomic mass is 32.2. The first-order valence-corrected chi connectivity index (χ1v) is 21.0. The minimum Gasteiger partial charge on any atom is -0.497 e. The number of fused-ring (bicyclic) bond motifs is 1. The molecule has 5 rings (SSSR count). The number of ether oxygens (including phenoxy) is 3. The minimum absolute atomic E-state index is 0.0527. The van der Waals surface area contributed by atoms with Crippen molar-refractivity contribution in [1.82, 2.24) is 19.5 Å². The second kappa shape index (κ2) is 16.6. The molecule has 294 valence electrons. The zero-order valence-electron chi connectivity index (χ0n) is 27.9. The van der Waals surface area contributed by atoms with Gasteiger partial charge in [0, 0.05) is 17.9 Å². The van der Waals surface area contributed by atoms with Gasteiger partial charge in [-0.05, 0) is 48.9 Å². The van der Waals surface area contributed by atoms with Gasteiger partial charge in [0.1, 0.15) is 29.7 Å². The average molecular weight is 843 g/mol. The molecule has 3 heterocycles. The van der Waals surface area contributed by atoms with E-state index in [4.69, 9.17) is 24.5 Å². The van der Waals surface area contributed by atoms with Crippen LogP contribution in [0.15, 0.2) is 60.0 Å². The van der Waals surface area contributed by atoms with E-state index in [0.717, 1.165) is 30.7 Å². The van der Waals surface area contributed by atoms with E-state index in [1.807, 2.05) is 6.92 Å². The maximum Gasteiger partial charge on any atom is 0.488 e. The summed E-state index contributed by atoms with van der Waals surface area (Å²) in [5, 5.41) is 2.01. The number of nitrogens with two attached hydrogens (primary N) is 1. The van der Waals surface area contributed by atoms with Crippen LogP contribution in [0.4, 0.5) is 29.5 Å². The Morgan fingerprint density at radius 2 is 1.81 bits per heavy atom. The number of imidazole rings is 1. The normalized spacial score (nSPS) is 20.9. The van der Waals surface area contributed by atoms with Gasteiger partial charge in [-0.25, -0.2) is 33.2 Å². The second-order valence-electron chi connectivity index (χ2n) is 11.2. The van der Waals surface area contributed by atoms with Crippen molar-refractivity contribution in [1.29, 1.82) is 0 Å². The minimum atomic E-state index is -5.81. The molecular formula is C28H32F3N6O13P3S. The molecule has 26 heteroatoms. The largest absolute Gasteiger partial charge is 0.497 e. The highest BCUT2D eigenvalue weighted by Gasteiger charge is 2.45. The average Bonchev–Trinajstić information content (AvgIpc) is 3.69. The number of phosphoric acid groups is 2. The standard InChI is InChI=1S/C28H32F3N6O13P3S/c1-3-11-54-26-35-24(32)23-25(36-26)37(15-33-23)22-13-20(48-27(38)34-17-6-4-5-16(12-17)28(29,30)31)21(47-22)14-46-52(41,42)50-53(43,44)49-51(39,40)19-9-7-18(45-2)8-10-19/h4-10,12,15,20-22H,3,11,13-14H2,1-2H3,(H,34,38)(H,39,40)(H,41,42)(H,43,44)(H2,32,35,36)/t20-,21-,22-/m1/s1. The number of thioether (sulfide) groups is 1. The number of nitrogens with one attached hydrogen (secondary N) is 1. The highest BCUT2D eigenvalue weighted by Crippen LogP contribution is 2.67. The van der Waals surface area contributed by atoms with E-state index in [-0.39, 0.29) is 34.8 Å². The predicted octanol–water partition coefficient (Wildman–Crippen LogP) is 5.60. The van der Waals surface area contributed by atoms with Crippen molar-refractivity contribution in [2.45, 2.75) is 49.5 Å². The Labute approximate surface area is 308 Å². The molecule has 1 saturated heterocycles. The van der Waals surface area contributed by atoms with Crippen LogP contribution in [0.5, 0.6) is 5.75 Å². The summed E-state index contributed by atoms with van der Waals surface area (Å²) in [6.07, 6.45) is -7.97. The van der Waals surface area contributed by atoms with E-state index in [0.29, 0.717) is 17.0 Å².